The topological polar surface area (TPSA) is 61.8 Å². The number of amides is 1. The van der Waals surface area contributed by atoms with Gasteiger partial charge in [-0.1, -0.05) is 20.8 Å². The molecule has 1 amide bonds. The predicted octanol–water partition coefficient (Wildman–Crippen LogP) is 2.66. The van der Waals surface area contributed by atoms with Crippen molar-refractivity contribution in [3.05, 3.63) is 18.1 Å². The van der Waals surface area contributed by atoms with Gasteiger partial charge in [-0.25, -0.2) is 14.8 Å². The van der Waals surface area contributed by atoms with Gasteiger partial charge in [-0.2, -0.15) is 0 Å². The van der Waals surface area contributed by atoms with Crippen molar-refractivity contribution in [2.75, 3.05) is 31.1 Å². The van der Waals surface area contributed by atoms with Gasteiger partial charge < -0.3 is 14.5 Å². The molecule has 1 aromatic heterocycles. The quantitative estimate of drug-likeness (QED) is 0.795. The van der Waals surface area contributed by atoms with E-state index in [4.69, 9.17) is 9.72 Å². The third kappa shape index (κ3) is 3.56. The summed E-state index contributed by atoms with van der Waals surface area (Å²) in [6.07, 6.45) is 3.69. The van der Waals surface area contributed by atoms with Crippen molar-refractivity contribution in [3.8, 4) is 0 Å². The number of likely N-dealkylation sites (tertiary alicyclic amines) is 1. The van der Waals surface area contributed by atoms with Gasteiger partial charge in [0.25, 0.3) is 0 Å². The molecule has 4 heterocycles. The molecule has 0 aromatic carbocycles. The Morgan fingerprint density at radius 2 is 1.89 bits per heavy atom. The molecule has 0 unspecified atom stereocenters. The molecule has 1 aromatic rings. The average molecular weight is 388 g/mol. The zero-order valence-electron chi connectivity index (χ0n) is 17.8. The normalized spacial score (nSPS) is 26.9. The van der Waals surface area contributed by atoms with Crippen molar-refractivity contribution < 1.29 is 9.53 Å². The summed E-state index contributed by atoms with van der Waals surface area (Å²) in [5.41, 5.74) is -0.0888. The fourth-order valence-corrected chi connectivity index (χ4v) is 4.64. The Balaban J connectivity index is 1.46. The molecule has 3 fully saturated rings. The minimum atomic E-state index is -0.129. The van der Waals surface area contributed by atoms with Crippen molar-refractivity contribution in [3.63, 3.8) is 0 Å². The highest BCUT2D eigenvalue weighted by molar-refractivity contribution is 5.72. The Kier molecular flexibility index (Phi) is 4.98. The minimum Gasteiger partial charge on any atom is -0.442 e. The first-order valence-electron chi connectivity index (χ1n) is 10.6. The molecule has 154 valence electrons. The summed E-state index contributed by atoms with van der Waals surface area (Å²) in [6.45, 7) is 14.4. The highest BCUT2D eigenvalue weighted by Crippen LogP contribution is 2.34. The summed E-state index contributed by atoms with van der Waals surface area (Å²) in [5, 5.41) is 0. The van der Waals surface area contributed by atoms with Crippen LogP contribution in [0.3, 0.4) is 0 Å². The largest absolute Gasteiger partial charge is 0.442 e. The Bertz CT molecular complexity index is 724. The maximum Gasteiger partial charge on any atom is 0.410 e. The summed E-state index contributed by atoms with van der Waals surface area (Å²) < 4.78 is 5.76. The Hall–Kier alpha value is -1.89. The molecule has 0 radical (unpaired) electrons. The monoisotopic (exact) mass is 387 g/mol. The number of fused-ring (bicyclic) bond motifs is 1. The molecule has 4 rings (SSSR count). The third-order valence-corrected chi connectivity index (χ3v) is 6.32. The van der Waals surface area contributed by atoms with E-state index in [2.05, 4.69) is 49.4 Å². The van der Waals surface area contributed by atoms with Gasteiger partial charge in [0.2, 0.25) is 0 Å². The van der Waals surface area contributed by atoms with Gasteiger partial charge in [0.1, 0.15) is 17.7 Å². The smallest absolute Gasteiger partial charge is 0.410 e. The molecule has 7 heteroatoms. The van der Waals surface area contributed by atoms with E-state index in [-0.39, 0.29) is 29.7 Å². The van der Waals surface area contributed by atoms with E-state index in [1.54, 1.807) is 0 Å². The number of piperidine rings is 1. The zero-order valence-corrected chi connectivity index (χ0v) is 17.8. The zero-order chi connectivity index (χ0) is 20.1. The number of nitrogens with zero attached hydrogens (tertiary/aromatic N) is 5. The van der Waals surface area contributed by atoms with Crippen molar-refractivity contribution in [2.45, 2.75) is 77.1 Å². The molecule has 3 saturated heterocycles. The lowest BCUT2D eigenvalue weighted by Gasteiger charge is -2.39. The maximum atomic E-state index is 12.6. The number of carbonyl (C=O) groups is 1. The first kappa shape index (κ1) is 19.4. The lowest BCUT2D eigenvalue weighted by Crippen LogP contribution is -2.51. The van der Waals surface area contributed by atoms with Gasteiger partial charge in [-0.3, -0.25) is 4.90 Å². The van der Waals surface area contributed by atoms with Crippen molar-refractivity contribution in [1.29, 1.82) is 0 Å². The number of anilines is 1. The van der Waals surface area contributed by atoms with E-state index in [1.165, 1.54) is 0 Å². The van der Waals surface area contributed by atoms with Crippen LogP contribution in [0.4, 0.5) is 10.6 Å². The summed E-state index contributed by atoms with van der Waals surface area (Å²) >= 11 is 0. The number of ether oxygens (including phenoxy) is 1. The van der Waals surface area contributed by atoms with Crippen LogP contribution < -0.4 is 4.90 Å². The highest BCUT2D eigenvalue weighted by Gasteiger charge is 2.50. The molecule has 3 aliphatic heterocycles. The van der Waals surface area contributed by atoms with E-state index in [0.717, 1.165) is 44.1 Å². The number of aromatic nitrogens is 2. The fourth-order valence-electron chi connectivity index (χ4n) is 4.64. The molecule has 3 aliphatic rings. The minimum absolute atomic E-state index is 0.0660. The van der Waals surface area contributed by atoms with Crippen LogP contribution in [0.5, 0.6) is 0 Å². The van der Waals surface area contributed by atoms with E-state index >= 15 is 0 Å². The average Bonchev–Trinajstić information content (AvgIpc) is 3.18. The van der Waals surface area contributed by atoms with Crippen LogP contribution >= 0.6 is 0 Å². The fraction of sp³-hybridized carbons (Fsp3) is 0.762. The second-order valence-corrected chi connectivity index (χ2v) is 9.65. The summed E-state index contributed by atoms with van der Waals surface area (Å²) in [4.78, 5) is 28.6. The van der Waals surface area contributed by atoms with Crippen molar-refractivity contribution in [1.82, 2.24) is 19.8 Å². The molecule has 0 bridgehead atoms. The van der Waals surface area contributed by atoms with E-state index in [1.807, 2.05) is 17.2 Å². The van der Waals surface area contributed by atoms with Crippen LogP contribution in [0.2, 0.25) is 0 Å². The maximum absolute atomic E-state index is 12.6. The second-order valence-electron chi connectivity index (χ2n) is 9.65. The van der Waals surface area contributed by atoms with Gasteiger partial charge in [0.05, 0.1) is 12.6 Å². The summed E-state index contributed by atoms with van der Waals surface area (Å²) in [5.74, 6) is 1.77. The van der Waals surface area contributed by atoms with Crippen LogP contribution in [0.25, 0.3) is 0 Å². The van der Waals surface area contributed by atoms with E-state index < -0.39 is 0 Å². The van der Waals surface area contributed by atoms with Crippen LogP contribution in [0.1, 0.15) is 53.3 Å². The lowest BCUT2D eigenvalue weighted by atomic mass is 9.96. The molecule has 0 saturated carbocycles. The number of carbonyl (C=O) groups excluding carboxylic acids is 1. The van der Waals surface area contributed by atoms with Crippen molar-refractivity contribution in [2.24, 2.45) is 0 Å². The van der Waals surface area contributed by atoms with Crippen molar-refractivity contribution >= 4 is 11.9 Å². The summed E-state index contributed by atoms with van der Waals surface area (Å²) in [7, 11) is 0. The SMILES string of the molecule is CC(C)N1CCC(N2C(=O)O[C@H]3CN(c4ccnc(C(C)(C)C)n4)C[C@H]32)CC1. The molecule has 7 nitrogen and oxygen atoms in total. The Morgan fingerprint density at radius 3 is 2.54 bits per heavy atom. The highest BCUT2D eigenvalue weighted by atomic mass is 16.6. The predicted molar refractivity (Wildman–Crippen MR) is 109 cm³/mol. The first-order chi connectivity index (χ1) is 13.2. The van der Waals surface area contributed by atoms with E-state index in [9.17, 15) is 4.79 Å². The van der Waals surface area contributed by atoms with Gasteiger partial charge in [0.15, 0.2) is 0 Å². The Labute approximate surface area is 168 Å². The number of hydrogen-bond acceptors (Lipinski definition) is 6. The molecule has 0 aliphatic carbocycles. The molecule has 0 spiro atoms. The standard InChI is InChI=1S/C21H33N5O2/c1-14(2)24-10-7-15(8-11-24)26-16-12-25(13-17(16)28-20(26)27)18-6-9-22-19(23-18)21(3,4)5/h6,9,14-17H,7-8,10-13H2,1-5H3/t16-,17+/m1/s1. The third-order valence-electron chi connectivity index (χ3n) is 6.32. The van der Waals surface area contributed by atoms with Gasteiger partial charge in [-0.15, -0.1) is 0 Å². The molecule has 28 heavy (non-hydrogen) atoms. The van der Waals surface area contributed by atoms with Gasteiger partial charge in [-0.05, 0) is 32.8 Å². The molecular formula is C21H33N5O2. The molecule has 2 atom stereocenters. The second kappa shape index (κ2) is 7.17. The van der Waals surface area contributed by atoms with Crippen LogP contribution in [-0.4, -0.2) is 76.3 Å². The van der Waals surface area contributed by atoms with Gasteiger partial charge >= 0.3 is 6.09 Å². The van der Waals surface area contributed by atoms with E-state index in [0.29, 0.717) is 12.6 Å². The molecular weight excluding hydrogens is 354 g/mol. The number of hydrogen-bond donors (Lipinski definition) is 0. The lowest BCUT2D eigenvalue weighted by molar-refractivity contribution is 0.0946. The van der Waals surface area contributed by atoms with Gasteiger partial charge in [0, 0.05) is 43.3 Å². The Morgan fingerprint density at radius 1 is 1.18 bits per heavy atom. The summed E-state index contributed by atoms with van der Waals surface area (Å²) in [6, 6.07) is 2.93. The van der Waals surface area contributed by atoms with Crippen LogP contribution in [0, 0.1) is 0 Å². The number of rotatable bonds is 3. The van der Waals surface area contributed by atoms with Crippen LogP contribution in [-0.2, 0) is 10.2 Å². The molecule has 0 N–H and O–H groups in total. The first-order valence-corrected chi connectivity index (χ1v) is 10.6. The van der Waals surface area contributed by atoms with Crippen LogP contribution in [0.15, 0.2) is 12.3 Å².